The highest BCUT2D eigenvalue weighted by atomic mass is 32.2. The number of halogens is 1. The zero-order valence-electron chi connectivity index (χ0n) is 11.5. The molecule has 1 heterocycles. The summed E-state index contributed by atoms with van der Waals surface area (Å²) in [4.78, 5) is 11.1. The number of sulfone groups is 1. The van der Waals surface area contributed by atoms with Crippen molar-refractivity contribution in [3.05, 3.63) is 41.8 Å². The molecule has 0 aliphatic rings. The summed E-state index contributed by atoms with van der Waals surface area (Å²) in [5.74, 6) is -0.341. The van der Waals surface area contributed by atoms with E-state index in [1.165, 1.54) is 35.1 Å². The Morgan fingerprint density at radius 3 is 2.52 bits per heavy atom. The van der Waals surface area contributed by atoms with Gasteiger partial charge in [-0.2, -0.15) is 5.10 Å². The van der Waals surface area contributed by atoms with Gasteiger partial charge in [0.25, 0.3) is 0 Å². The zero-order valence-corrected chi connectivity index (χ0v) is 12.3. The summed E-state index contributed by atoms with van der Waals surface area (Å²) in [6.45, 7) is 1.76. The first-order valence-corrected chi connectivity index (χ1v) is 8.26. The minimum atomic E-state index is -3.10. The highest BCUT2D eigenvalue weighted by Gasteiger charge is 2.13. The first-order valence-electron chi connectivity index (χ1n) is 6.44. The molecular weight excluding hydrogens is 295 g/mol. The molecule has 0 saturated carbocycles. The molecule has 5 nitrogen and oxygen atoms in total. The normalized spacial score (nSPS) is 11.5. The number of aldehydes is 1. The highest BCUT2D eigenvalue weighted by molar-refractivity contribution is 7.91. The van der Waals surface area contributed by atoms with Crippen molar-refractivity contribution in [3.8, 4) is 11.3 Å². The van der Waals surface area contributed by atoms with Crippen molar-refractivity contribution >= 4 is 16.1 Å². The molecule has 0 unspecified atom stereocenters. The van der Waals surface area contributed by atoms with Gasteiger partial charge in [0.1, 0.15) is 11.5 Å². The van der Waals surface area contributed by atoms with Crippen LogP contribution in [0.4, 0.5) is 4.39 Å². The van der Waals surface area contributed by atoms with Gasteiger partial charge in [-0.05, 0) is 24.3 Å². The molecule has 0 amide bonds. The molecule has 2 rings (SSSR count). The van der Waals surface area contributed by atoms with Crippen LogP contribution >= 0.6 is 0 Å². The molecule has 0 saturated heterocycles. The summed E-state index contributed by atoms with van der Waals surface area (Å²) in [5, 5.41) is 4.22. The fourth-order valence-corrected chi connectivity index (χ4v) is 2.60. The van der Waals surface area contributed by atoms with Gasteiger partial charge in [-0.3, -0.25) is 9.48 Å². The Labute approximate surface area is 122 Å². The van der Waals surface area contributed by atoms with E-state index in [2.05, 4.69) is 5.10 Å². The van der Waals surface area contributed by atoms with Crippen LogP contribution in [0.1, 0.15) is 17.3 Å². The van der Waals surface area contributed by atoms with E-state index in [0.717, 1.165) is 0 Å². The lowest BCUT2D eigenvalue weighted by Gasteiger charge is -2.01. The van der Waals surface area contributed by atoms with Crippen molar-refractivity contribution in [1.29, 1.82) is 0 Å². The Kier molecular flexibility index (Phi) is 4.52. The van der Waals surface area contributed by atoms with Crippen molar-refractivity contribution in [2.24, 2.45) is 0 Å². The van der Waals surface area contributed by atoms with E-state index in [1.807, 2.05) is 0 Å². The SMILES string of the molecule is CCS(=O)(=O)CCn1cc(C=O)c(-c2ccc(F)cc2)n1. The second-order valence-corrected chi connectivity index (χ2v) is 7.03. The molecule has 1 aromatic carbocycles. The largest absolute Gasteiger partial charge is 0.298 e. The average molecular weight is 310 g/mol. The van der Waals surface area contributed by atoms with E-state index in [1.54, 1.807) is 6.92 Å². The van der Waals surface area contributed by atoms with Crippen molar-refractivity contribution in [2.45, 2.75) is 13.5 Å². The number of hydrogen-bond donors (Lipinski definition) is 0. The maximum atomic E-state index is 12.9. The second-order valence-electron chi connectivity index (χ2n) is 4.56. The van der Waals surface area contributed by atoms with Crippen LogP contribution in [0, 0.1) is 5.82 Å². The number of benzene rings is 1. The van der Waals surface area contributed by atoms with E-state index in [9.17, 15) is 17.6 Å². The number of carbonyl (C=O) groups excluding carboxylic acids is 1. The van der Waals surface area contributed by atoms with E-state index in [0.29, 0.717) is 23.1 Å². The third kappa shape index (κ3) is 3.75. The Hall–Kier alpha value is -2.02. The lowest BCUT2D eigenvalue weighted by atomic mass is 10.1. The quantitative estimate of drug-likeness (QED) is 0.765. The number of aryl methyl sites for hydroxylation is 1. The minimum Gasteiger partial charge on any atom is -0.298 e. The number of rotatable bonds is 6. The molecule has 0 spiro atoms. The first-order chi connectivity index (χ1) is 9.95. The third-order valence-corrected chi connectivity index (χ3v) is 4.79. The van der Waals surface area contributed by atoms with Gasteiger partial charge < -0.3 is 0 Å². The molecule has 0 aliphatic carbocycles. The monoisotopic (exact) mass is 310 g/mol. The predicted octanol–water partition coefficient (Wildman–Crippen LogP) is 1.94. The first kappa shape index (κ1) is 15.4. The number of hydrogen-bond acceptors (Lipinski definition) is 4. The second kappa shape index (κ2) is 6.17. The molecule has 0 bridgehead atoms. The molecule has 112 valence electrons. The lowest BCUT2D eigenvalue weighted by molar-refractivity contribution is 0.112. The number of aromatic nitrogens is 2. The van der Waals surface area contributed by atoms with Crippen molar-refractivity contribution < 1.29 is 17.6 Å². The van der Waals surface area contributed by atoms with E-state index in [4.69, 9.17) is 0 Å². The maximum Gasteiger partial charge on any atom is 0.153 e. The van der Waals surface area contributed by atoms with E-state index < -0.39 is 9.84 Å². The van der Waals surface area contributed by atoms with Gasteiger partial charge in [0.15, 0.2) is 16.1 Å². The standard InChI is InChI=1S/C14H15FN2O3S/c1-2-21(19,20)8-7-17-9-12(10-18)14(16-17)11-3-5-13(15)6-4-11/h3-6,9-10H,2,7-8H2,1H3. The van der Waals surface area contributed by atoms with Crippen LogP contribution in [0.2, 0.25) is 0 Å². The highest BCUT2D eigenvalue weighted by Crippen LogP contribution is 2.21. The van der Waals surface area contributed by atoms with Crippen LogP contribution in [0.15, 0.2) is 30.5 Å². The zero-order chi connectivity index (χ0) is 15.5. The Bertz CT molecular complexity index is 736. The summed E-state index contributed by atoms with van der Waals surface area (Å²) in [7, 11) is -3.10. The van der Waals surface area contributed by atoms with Gasteiger partial charge in [-0.15, -0.1) is 0 Å². The Balaban J connectivity index is 2.27. The maximum absolute atomic E-state index is 12.9. The fourth-order valence-electron chi connectivity index (χ4n) is 1.85. The Morgan fingerprint density at radius 1 is 1.29 bits per heavy atom. The molecule has 7 heteroatoms. The predicted molar refractivity (Wildman–Crippen MR) is 77.3 cm³/mol. The van der Waals surface area contributed by atoms with Crippen LogP contribution in [0.5, 0.6) is 0 Å². The van der Waals surface area contributed by atoms with Crippen LogP contribution in [-0.2, 0) is 16.4 Å². The summed E-state index contributed by atoms with van der Waals surface area (Å²) in [6, 6.07) is 5.62. The van der Waals surface area contributed by atoms with E-state index >= 15 is 0 Å². The average Bonchev–Trinajstić information content (AvgIpc) is 2.89. The van der Waals surface area contributed by atoms with Crippen LogP contribution < -0.4 is 0 Å². The minimum absolute atomic E-state index is 0.0354. The fraction of sp³-hybridized carbons (Fsp3) is 0.286. The summed E-state index contributed by atoms with van der Waals surface area (Å²) in [5.41, 5.74) is 1.37. The van der Waals surface area contributed by atoms with Gasteiger partial charge in [-0.25, -0.2) is 12.8 Å². The van der Waals surface area contributed by atoms with Gasteiger partial charge in [-0.1, -0.05) is 6.92 Å². The number of nitrogens with zero attached hydrogens (tertiary/aromatic N) is 2. The van der Waals surface area contributed by atoms with Gasteiger partial charge in [0.05, 0.1) is 17.9 Å². The van der Waals surface area contributed by atoms with E-state index in [-0.39, 0.29) is 23.9 Å². The van der Waals surface area contributed by atoms with Crippen molar-refractivity contribution in [2.75, 3.05) is 11.5 Å². The molecule has 0 atom stereocenters. The van der Waals surface area contributed by atoms with Gasteiger partial charge in [0.2, 0.25) is 0 Å². The summed E-state index contributed by atoms with van der Waals surface area (Å²) in [6.07, 6.45) is 2.15. The molecule has 0 radical (unpaired) electrons. The summed E-state index contributed by atoms with van der Waals surface area (Å²) < 4.78 is 37.3. The van der Waals surface area contributed by atoms with Crippen LogP contribution in [0.3, 0.4) is 0 Å². The molecule has 21 heavy (non-hydrogen) atoms. The van der Waals surface area contributed by atoms with Gasteiger partial charge in [0, 0.05) is 17.5 Å². The summed E-state index contributed by atoms with van der Waals surface area (Å²) >= 11 is 0. The molecule has 1 aromatic heterocycles. The third-order valence-electron chi connectivity index (χ3n) is 3.11. The topological polar surface area (TPSA) is 69.0 Å². The lowest BCUT2D eigenvalue weighted by Crippen LogP contribution is -2.14. The van der Waals surface area contributed by atoms with Crippen LogP contribution in [0.25, 0.3) is 11.3 Å². The molecule has 0 fully saturated rings. The molecule has 0 N–H and O–H groups in total. The Morgan fingerprint density at radius 2 is 1.95 bits per heavy atom. The molecule has 2 aromatic rings. The number of carbonyl (C=O) groups is 1. The van der Waals surface area contributed by atoms with Crippen molar-refractivity contribution in [1.82, 2.24) is 9.78 Å². The van der Waals surface area contributed by atoms with Gasteiger partial charge >= 0.3 is 0 Å². The van der Waals surface area contributed by atoms with Crippen molar-refractivity contribution in [3.63, 3.8) is 0 Å². The van der Waals surface area contributed by atoms with Crippen LogP contribution in [-0.4, -0.2) is 36.0 Å². The smallest absolute Gasteiger partial charge is 0.153 e. The molecular formula is C14H15FN2O3S. The molecule has 0 aliphatic heterocycles.